The number of pyridine rings is 1. The number of nitrogens with zero attached hydrogens (tertiary/aromatic N) is 3. The SMILES string of the molecule is CN1CCN(CCNc2ccc(C(F)(F)F)cn2)CC1. The largest absolute Gasteiger partial charge is 0.417 e. The first kappa shape index (κ1) is 15.1. The van der Waals surface area contributed by atoms with Gasteiger partial charge in [-0.1, -0.05) is 0 Å². The van der Waals surface area contributed by atoms with E-state index >= 15 is 0 Å². The highest BCUT2D eigenvalue weighted by atomic mass is 19.4. The molecule has 1 aromatic heterocycles. The molecule has 0 spiro atoms. The van der Waals surface area contributed by atoms with Crippen LogP contribution in [0.15, 0.2) is 18.3 Å². The molecule has 1 fully saturated rings. The number of likely N-dealkylation sites (N-methyl/N-ethyl adjacent to an activating group) is 1. The number of piperazine rings is 1. The summed E-state index contributed by atoms with van der Waals surface area (Å²) in [5.74, 6) is 0.479. The average Bonchev–Trinajstić information content (AvgIpc) is 2.41. The molecule has 0 radical (unpaired) electrons. The summed E-state index contributed by atoms with van der Waals surface area (Å²) in [6.07, 6.45) is -3.47. The minimum Gasteiger partial charge on any atom is -0.369 e. The van der Waals surface area contributed by atoms with Crippen LogP contribution in [0.4, 0.5) is 19.0 Å². The summed E-state index contributed by atoms with van der Waals surface area (Å²) >= 11 is 0. The summed E-state index contributed by atoms with van der Waals surface area (Å²) in [7, 11) is 2.10. The molecule has 0 saturated carbocycles. The molecule has 0 unspecified atom stereocenters. The molecule has 112 valence electrons. The summed E-state index contributed by atoms with van der Waals surface area (Å²) in [5, 5.41) is 3.05. The molecule has 1 N–H and O–H groups in total. The van der Waals surface area contributed by atoms with Crippen LogP contribution in [0.3, 0.4) is 0 Å². The third-order valence-electron chi connectivity index (χ3n) is 3.42. The van der Waals surface area contributed by atoms with Crippen LogP contribution >= 0.6 is 0 Å². The summed E-state index contributed by atoms with van der Waals surface area (Å²) in [5.41, 5.74) is -0.720. The Balaban J connectivity index is 1.74. The fourth-order valence-electron chi connectivity index (χ4n) is 2.08. The van der Waals surface area contributed by atoms with Crippen LogP contribution in [0.2, 0.25) is 0 Å². The quantitative estimate of drug-likeness (QED) is 0.915. The molecular weight excluding hydrogens is 269 g/mol. The average molecular weight is 288 g/mol. The van der Waals surface area contributed by atoms with Gasteiger partial charge in [0.1, 0.15) is 5.82 Å². The Morgan fingerprint density at radius 3 is 2.45 bits per heavy atom. The lowest BCUT2D eigenvalue weighted by molar-refractivity contribution is -0.137. The third-order valence-corrected chi connectivity index (χ3v) is 3.42. The molecule has 1 aliphatic rings. The van der Waals surface area contributed by atoms with E-state index in [0.29, 0.717) is 12.4 Å². The van der Waals surface area contributed by atoms with Crippen LogP contribution in [0.5, 0.6) is 0 Å². The van der Waals surface area contributed by atoms with E-state index in [1.54, 1.807) is 0 Å². The van der Waals surface area contributed by atoms with Crippen LogP contribution in [0, 0.1) is 0 Å². The minimum atomic E-state index is -4.33. The van der Waals surface area contributed by atoms with E-state index in [4.69, 9.17) is 0 Å². The van der Waals surface area contributed by atoms with Crippen molar-refractivity contribution in [2.24, 2.45) is 0 Å². The van der Waals surface area contributed by atoms with Crippen molar-refractivity contribution in [3.05, 3.63) is 23.9 Å². The van der Waals surface area contributed by atoms with Gasteiger partial charge in [-0.05, 0) is 19.2 Å². The second-order valence-electron chi connectivity index (χ2n) is 5.00. The zero-order valence-electron chi connectivity index (χ0n) is 11.5. The Bertz CT molecular complexity index is 411. The minimum absolute atomic E-state index is 0.479. The Morgan fingerprint density at radius 1 is 1.20 bits per heavy atom. The van der Waals surface area contributed by atoms with Gasteiger partial charge >= 0.3 is 6.18 Å². The molecule has 0 amide bonds. The van der Waals surface area contributed by atoms with Crippen molar-refractivity contribution < 1.29 is 13.2 Å². The molecule has 0 aliphatic carbocycles. The third kappa shape index (κ3) is 4.35. The maximum atomic E-state index is 12.4. The van der Waals surface area contributed by atoms with Gasteiger partial charge in [0.15, 0.2) is 0 Å². The van der Waals surface area contributed by atoms with E-state index in [9.17, 15) is 13.2 Å². The van der Waals surface area contributed by atoms with Gasteiger partial charge < -0.3 is 10.2 Å². The molecule has 20 heavy (non-hydrogen) atoms. The lowest BCUT2D eigenvalue weighted by Gasteiger charge is -2.32. The standard InChI is InChI=1S/C13H19F3N4/c1-19-6-8-20(9-7-19)5-4-17-12-3-2-11(10-18-12)13(14,15)16/h2-3,10H,4-9H2,1H3,(H,17,18). The van der Waals surface area contributed by atoms with E-state index < -0.39 is 11.7 Å². The van der Waals surface area contributed by atoms with Crippen molar-refractivity contribution in [3.63, 3.8) is 0 Å². The zero-order chi connectivity index (χ0) is 14.6. The first-order chi connectivity index (χ1) is 9.45. The topological polar surface area (TPSA) is 31.4 Å². The summed E-state index contributed by atoms with van der Waals surface area (Å²) < 4.78 is 37.1. The van der Waals surface area contributed by atoms with Crippen molar-refractivity contribution >= 4 is 5.82 Å². The molecule has 7 heteroatoms. The second kappa shape index (κ2) is 6.41. The molecule has 2 rings (SSSR count). The normalized spacial score (nSPS) is 18.2. The first-order valence-corrected chi connectivity index (χ1v) is 6.63. The predicted molar refractivity (Wildman–Crippen MR) is 71.7 cm³/mol. The molecule has 0 aromatic carbocycles. The van der Waals surface area contributed by atoms with Crippen LogP contribution < -0.4 is 5.32 Å². The van der Waals surface area contributed by atoms with Gasteiger partial charge in [-0.25, -0.2) is 4.98 Å². The summed E-state index contributed by atoms with van der Waals surface area (Å²) in [6.45, 7) is 5.72. The maximum absolute atomic E-state index is 12.4. The molecule has 1 saturated heterocycles. The first-order valence-electron chi connectivity index (χ1n) is 6.63. The highest BCUT2D eigenvalue weighted by Crippen LogP contribution is 2.28. The van der Waals surface area contributed by atoms with Gasteiger partial charge in [0.05, 0.1) is 5.56 Å². The van der Waals surface area contributed by atoms with E-state index in [2.05, 4.69) is 27.1 Å². The fourth-order valence-corrected chi connectivity index (χ4v) is 2.08. The molecule has 2 heterocycles. The van der Waals surface area contributed by atoms with Crippen LogP contribution in [-0.2, 0) is 6.18 Å². The van der Waals surface area contributed by atoms with Gasteiger partial charge in [-0.3, -0.25) is 4.90 Å². The molecule has 0 atom stereocenters. The Hall–Kier alpha value is -1.34. The highest BCUT2D eigenvalue weighted by Gasteiger charge is 2.30. The molecule has 0 bridgehead atoms. The van der Waals surface area contributed by atoms with Crippen molar-refractivity contribution in [3.8, 4) is 0 Å². The van der Waals surface area contributed by atoms with E-state index in [0.717, 1.165) is 45.0 Å². The monoisotopic (exact) mass is 288 g/mol. The smallest absolute Gasteiger partial charge is 0.369 e. The van der Waals surface area contributed by atoms with E-state index in [1.807, 2.05) is 0 Å². The van der Waals surface area contributed by atoms with Crippen LogP contribution in [0.25, 0.3) is 0 Å². The molecule has 1 aliphatic heterocycles. The predicted octanol–water partition coefficient (Wildman–Crippen LogP) is 1.76. The van der Waals surface area contributed by atoms with Crippen molar-refractivity contribution in [2.45, 2.75) is 6.18 Å². The number of alkyl halides is 3. The number of hydrogen-bond acceptors (Lipinski definition) is 4. The number of rotatable bonds is 4. The fraction of sp³-hybridized carbons (Fsp3) is 0.615. The van der Waals surface area contributed by atoms with Gasteiger partial charge in [-0.2, -0.15) is 13.2 Å². The van der Waals surface area contributed by atoms with Gasteiger partial charge in [0, 0.05) is 45.5 Å². The zero-order valence-corrected chi connectivity index (χ0v) is 11.5. The van der Waals surface area contributed by atoms with Crippen molar-refractivity contribution in [2.75, 3.05) is 51.6 Å². The van der Waals surface area contributed by atoms with Gasteiger partial charge in [0.2, 0.25) is 0 Å². The number of anilines is 1. The maximum Gasteiger partial charge on any atom is 0.417 e. The van der Waals surface area contributed by atoms with Gasteiger partial charge in [0.25, 0.3) is 0 Å². The van der Waals surface area contributed by atoms with Crippen molar-refractivity contribution in [1.82, 2.24) is 14.8 Å². The van der Waals surface area contributed by atoms with Crippen molar-refractivity contribution in [1.29, 1.82) is 0 Å². The van der Waals surface area contributed by atoms with Crippen LogP contribution in [-0.4, -0.2) is 61.1 Å². The molecular formula is C13H19F3N4. The Kier molecular flexibility index (Phi) is 4.82. The molecule has 4 nitrogen and oxygen atoms in total. The summed E-state index contributed by atoms with van der Waals surface area (Å²) in [4.78, 5) is 8.39. The molecule has 1 aromatic rings. The van der Waals surface area contributed by atoms with Crippen LogP contribution in [0.1, 0.15) is 5.56 Å². The van der Waals surface area contributed by atoms with E-state index in [1.165, 1.54) is 6.07 Å². The number of nitrogens with one attached hydrogen (secondary N) is 1. The number of halogens is 3. The second-order valence-corrected chi connectivity index (χ2v) is 5.00. The Labute approximate surface area is 116 Å². The lowest BCUT2D eigenvalue weighted by atomic mass is 10.3. The van der Waals surface area contributed by atoms with E-state index in [-0.39, 0.29) is 0 Å². The lowest BCUT2D eigenvalue weighted by Crippen LogP contribution is -2.45. The number of aromatic nitrogens is 1. The highest BCUT2D eigenvalue weighted by molar-refractivity contribution is 5.36. The summed E-state index contributed by atoms with van der Waals surface area (Å²) in [6, 6.07) is 2.41. The Morgan fingerprint density at radius 2 is 1.90 bits per heavy atom. The number of hydrogen-bond donors (Lipinski definition) is 1. The van der Waals surface area contributed by atoms with Gasteiger partial charge in [-0.15, -0.1) is 0 Å².